The minimum Gasteiger partial charge on any atom is -0.307 e. The molecule has 1 aromatic carbocycles. The molecule has 0 fully saturated rings. The van der Waals surface area contributed by atoms with Gasteiger partial charge < -0.3 is 5.43 Å². The molecule has 0 aliphatic heterocycles. The molecule has 0 saturated carbocycles. The average Bonchev–Trinajstić information content (AvgIpc) is 2.33. The Hall–Kier alpha value is -2.10. The first kappa shape index (κ1) is 10.4. The van der Waals surface area contributed by atoms with E-state index in [4.69, 9.17) is 0 Å². The maximum absolute atomic E-state index is 11.4. The molecule has 4 nitrogen and oxygen atoms in total. The Morgan fingerprint density at radius 1 is 1.19 bits per heavy atom. The third-order valence-corrected chi connectivity index (χ3v) is 2.18. The van der Waals surface area contributed by atoms with Crippen LogP contribution in [0, 0.1) is 0 Å². The maximum Gasteiger partial charge on any atom is 0.285 e. The van der Waals surface area contributed by atoms with Gasteiger partial charge in [-0.05, 0) is 13.0 Å². The number of nitrogens with zero attached hydrogens (tertiary/aromatic N) is 2. The molecule has 0 bridgehead atoms. The highest BCUT2D eigenvalue weighted by atomic mass is 16.1. The lowest BCUT2D eigenvalue weighted by Gasteiger charge is -2.07. The van der Waals surface area contributed by atoms with Gasteiger partial charge in [0.2, 0.25) is 0 Å². The van der Waals surface area contributed by atoms with E-state index >= 15 is 0 Å². The Morgan fingerprint density at radius 2 is 1.94 bits per heavy atom. The summed E-state index contributed by atoms with van der Waals surface area (Å²) in [7, 11) is 0. The van der Waals surface area contributed by atoms with Crippen LogP contribution in [0.1, 0.15) is 6.92 Å². The molecule has 16 heavy (non-hydrogen) atoms. The van der Waals surface area contributed by atoms with Crippen LogP contribution >= 0.6 is 0 Å². The van der Waals surface area contributed by atoms with E-state index in [1.54, 1.807) is 6.07 Å². The molecule has 0 unspecified atom stereocenters. The summed E-state index contributed by atoms with van der Waals surface area (Å²) in [6.45, 7) is 2.58. The van der Waals surface area contributed by atoms with Gasteiger partial charge in [0.05, 0.1) is 5.69 Å². The fourth-order valence-electron chi connectivity index (χ4n) is 1.44. The van der Waals surface area contributed by atoms with Gasteiger partial charge in [0.1, 0.15) is 0 Å². The van der Waals surface area contributed by atoms with Crippen LogP contribution in [0.15, 0.2) is 47.3 Å². The zero-order valence-electron chi connectivity index (χ0n) is 9.05. The highest BCUT2D eigenvalue weighted by Crippen LogP contribution is 2.13. The lowest BCUT2D eigenvalue weighted by atomic mass is 10.1. The Bertz CT molecular complexity index is 519. The Labute approximate surface area is 93.5 Å². The zero-order chi connectivity index (χ0) is 11.4. The monoisotopic (exact) mass is 215 g/mol. The van der Waals surface area contributed by atoms with Gasteiger partial charge in [-0.1, -0.05) is 30.3 Å². The van der Waals surface area contributed by atoms with Crippen molar-refractivity contribution >= 4 is 0 Å². The number of benzene rings is 1. The molecule has 1 N–H and O–H groups in total. The highest BCUT2D eigenvalue weighted by molar-refractivity contribution is 5.57. The van der Waals surface area contributed by atoms with Crippen LogP contribution in [0.5, 0.6) is 0 Å². The summed E-state index contributed by atoms with van der Waals surface area (Å²) < 4.78 is 0. The normalized spacial score (nSPS) is 10.1. The third kappa shape index (κ3) is 2.11. The second-order valence-electron chi connectivity index (χ2n) is 3.35. The van der Waals surface area contributed by atoms with Crippen molar-refractivity contribution in [2.75, 3.05) is 12.0 Å². The summed E-state index contributed by atoms with van der Waals surface area (Å²) in [6, 6.07) is 13.0. The third-order valence-electron chi connectivity index (χ3n) is 2.18. The maximum atomic E-state index is 11.4. The highest BCUT2D eigenvalue weighted by Gasteiger charge is 2.01. The molecule has 4 heteroatoms. The molecular formula is C12H13N3O. The lowest BCUT2D eigenvalue weighted by molar-refractivity contribution is 0.699. The van der Waals surface area contributed by atoms with E-state index < -0.39 is 0 Å². The van der Waals surface area contributed by atoms with Crippen LogP contribution in [0.25, 0.3) is 11.3 Å². The Balaban J connectivity index is 2.44. The van der Waals surface area contributed by atoms with Crippen LogP contribution in [-0.4, -0.2) is 16.4 Å². The van der Waals surface area contributed by atoms with Gasteiger partial charge in [-0.25, -0.2) is 0 Å². The standard InChI is InChI=1S/C12H13N3O/c1-2-13-15-12(16)9-8-11(14-15)10-6-4-3-5-7-10/h3-9,13H,2H2,1H3. The van der Waals surface area contributed by atoms with E-state index in [1.165, 1.54) is 10.9 Å². The number of hydrogen-bond acceptors (Lipinski definition) is 3. The lowest BCUT2D eigenvalue weighted by Crippen LogP contribution is -2.30. The predicted octanol–water partition coefficient (Wildman–Crippen LogP) is 1.47. The largest absolute Gasteiger partial charge is 0.307 e. The summed E-state index contributed by atoms with van der Waals surface area (Å²) in [5.41, 5.74) is 4.50. The van der Waals surface area contributed by atoms with Crippen molar-refractivity contribution in [3.05, 3.63) is 52.8 Å². The Kier molecular flexibility index (Phi) is 3.00. The van der Waals surface area contributed by atoms with Crippen molar-refractivity contribution in [1.29, 1.82) is 0 Å². The molecule has 1 heterocycles. The number of nitrogens with one attached hydrogen (secondary N) is 1. The van der Waals surface area contributed by atoms with E-state index in [0.29, 0.717) is 6.54 Å². The molecule has 0 radical (unpaired) electrons. The molecule has 2 aromatic rings. The summed E-state index contributed by atoms with van der Waals surface area (Å²) in [4.78, 5) is 12.7. The van der Waals surface area contributed by atoms with Gasteiger partial charge >= 0.3 is 0 Å². The molecule has 0 amide bonds. The molecule has 0 spiro atoms. The van der Waals surface area contributed by atoms with Crippen molar-refractivity contribution < 1.29 is 0 Å². The van der Waals surface area contributed by atoms with Gasteiger partial charge in [0.25, 0.3) is 5.56 Å². The van der Waals surface area contributed by atoms with Crippen LogP contribution in [0.2, 0.25) is 0 Å². The minimum absolute atomic E-state index is 0.151. The van der Waals surface area contributed by atoms with Crippen LogP contribution < -0.4 is 11.0 Å². The van der Waals surface area contributed by atoms with Crippen molar-refractivity contribution in [3.63, 3.8) is 0 Å². The van der Waals surface area contributed by atoms with Crippen LogP contribution in [0.4, 0.5) is 0 Å². The SMILES string of the molecule is CCNn1nc(-c2ccccc2)ccc1=O. The second-order valence-corrected chi connectivity index (χ2v) is 3.35. The summed E-state index contributed by atoms with van der Waals surface area (Å²) in [6.07, 6.45) is 0. The van der Waals surface area contributed by atoms with E-state index in [-0.39, 0.29) is 5.56 Å². The summed E-state index contributed by atoms with van der Waals surface area (Å²) >= 11 is 0. The quantitative estimate of drug-likeness (QED) is 0.843. The van der Waals surface area contributed by atoms with E-state index in [0.717, 1.165) is 11.3 Å². The molecule has 1 aromatic heterocycles. The van der Waals surface area contributed by atoms with Crippen molar-refractivity contribution in [2.24, 2.45) is 0 Å². The predicted molar refractivity (Wildman–Crippen MR) is 63.8 cm³/mol. The van der Waals surface area contributed by atoms with Gasteiger partial charge in [-0.3, -0.25) is 4.79 Å². The topological polar surface area (TPSA) is 46.9 Å². The van der Waals surface area contributed by atoms with Gasteiger partial charge in [-0.2, -0.15) is 0 Å². The van der Waals surface area contributed by atoms with E-state index in [1.807, 2.05) is 37.3 Å². The van der Waals surface area contributed by atoms with Gasteiger partial charge in [0, 0.05) is 18.2 Å². The minimum atomic E-state index is -0.151. The first-order chi connectivity index (χ1) is 7.81. The Morgan fingerprint density at radius 3 is 2.62 bits per heavy atom. The molecule has 0 saturated heterocycles. The van der Waals surface area contributed by atoms with Crippen molar-refractivity contribution in [1.82, 2.24) is 9.89 Å². The zero-order valence-corrected chi connectivity index (χ0v) is 9.05. The molecule has 82 valence electrons. The first-order valence-corrected chi connectivity index (χ1v) is 5.21. The summed E-state index contributed by atoms with van der Waals surface area (Å²) in [5.74, 6) is 0. The smallest absolute Gasteiger partial charge is 0.285 e. The molecule has 0 aliphatic carbocycles. The average molecular weight is 215 g/mol. The molecule has 0 aliphatic rings. The van der Waals surface area contributed by atoms with Gasteiger partial charge in [0.15, 0.2) is 0 Å². The van der Waals surface area contributed by atoms with Crippen LogP contribution in [0.3, 0.4) is 0 Å². The second kappa shape index (κ2) is 4.61. The van der Waals surface area contributed by atoms with Crippen molar-refractivity contribution in [2.45, 2.75) is 6.92 Å². The van der Waals surface area contributed by atoms with Crippen molar-refractivity contribution in [3.8, 4) is 11.3 Å². The van der Waals surface area contributed by atoms with E-state index in [2.05, 4.69) is 10.5 Å². The molecule has 2 rings (SSSR count). The van der Waals surface area contributed by atoms with Gasteiger partial charge in [-0.15, -0.1) is 9.89 Å². The molecule has 0 atom stereocenters. The number of rotatable bonds is 3. The number of hydrogen-bond donors (Lipinski definition) is 1. The fourth-order valence-corrected chi connectivity index (χ4v) is 1.44. The first-order valence-electron chi connectivity index (χ1n) is 5.21. The fraction of sp³-hybridized carbons (Fsp3) is 0.167. The van der Waals surface area contributed by atoms with Crippen LogP contribution in [-0.2, 0) is 0 Å². The van der Waals surface area contributed by atoms with E-state index in [9.17, 15) is 4.79 Å². The molecular weight excluding hydrogens is 202 g/mol. The number of aromatic nitrogens is 2. The summed E-state index contributed by atoms with van der Waals surface area (Å²) in [5, 5.41) is 4.23.